The summed E-state index contributed by atoms with van der Waals surface area (Å²) in [6, 6.07) is 3.26. The van der Waals surface area contributed by atoms with E-state index in [1.807, 2.05) is 0 Å². The number of nitrogens with one attached hydrogen (secondary N) is 1. The molecule has 7 nitrogen and oxygen atoms in total. The third-order valence-corrected chi connectivity index (χ3v) is 3.97. The lowest BCUT2D eigenvalue weighted by Gasteiger charge is -2.26. The van der Waals surface area contributed by atoms with Crippen molar-refractivity contribution in [3.05, 3.63) is 12.1 Å². The van der Waals surface area contributed by atoms with E-state index in [9.17, 15) is 9.59 Å². The molecule has 0 radical (unpaired) electrons. The number of benzene rings is 1. The van der Waals surface area contributed by atoms with Gasteiger partial charge in [0.2, 0.25) is 17.6 Å². The molecule has 1 saturated heterocycles. The Morgan fingerprint density at radius 3 is 2.08 bits per heavy atom. The Labute approximate surface area is 141 Å². The molecule has 2 amide bonds. The fourth-order valence-electron chi connectivity index (χ4n) is 2.75. The molecule has 0 unspecified atom stereocenters. The van der Waals surface area contributed by atoms with Crippen LogP contribution in [0.3, 0.4) is 0 Å². The van der Waals surface area contributed by atoms with Crippen molar-refractivity contribution in [2.75, 3.05) is 39.7 Å². The second kappa shape index (κ2) is 8.42. The molecule has 0 aromatic heterocycles. The van der Waals surface area contributed by atoms with Gasteiger partial charge in [-0.3, -0.25) is 9.59 Å². The van der Waals surface area contributed by atoms with Gasteiger partial charge in [-0.05, 0) is 19.3 Å². The molecule has 1 aromatic carbocycles. The summed E-state index contributed by atoms with van der Waals surface area (Å²) in [5, 5.41) is 2.71. The van der Waals surface area contributed by atoms with Gasteiger partial charge in [0.25, 0.3) is 0 Å². The number of amides is 2. The van der Waals surface area contributed by atoms with Crippen LogP contribution in [0.4, 0.5) is 5.69 Å². The van der Waals surface area contributed by atoms with Crippen molar-refractivity contribution in [3.8, 4) is 17.2 Å². The maximum atomic E-state index is 12.1. The Kier molecular flexibility index (Phi) is 6.28. The minimum Gasteiger partial charge on any atom is -0.493 e. The maximum absolute atomic E-state index is 12.1. The second-order valence-corrected chi connectivity index (χ2v) is 5.58. The van der Waals surface area contributed by atoms with Crippen LogP contribution in [-0.4, -0.2) is 51.1 Å². The molecule has 0 atom stereocenters. The molecule has 1 N–H and O–H groups in total. The van der Waals surface area contributed by atoms with Crippen molar-refractivity contribution in [2.24, 2.45) is 0 Å². The number of likely N-dealkylation sites (tertiary alicyclic amines) is 1. The summed E-state index contributed by atoms with van der Waals surface area (Å²) in [5.41, 5.74) is 0.487. The zero-order valence-electron chi connectivity index (χ0n) is 14.4. The summed E-state index contributed by atoms with van der Waals surface area (Å²) in [6.07, 6.45) is 2.97. The average Bonchev–Trinajstić information content (AvgIpc) is 2.61. The van der Waals surface area contributed by atoms with Crippen LogP contribution in [0.25, 0.3) is 0 Å². The van der Waals surface area contributed by atoms with Crippen LogP contribution in [0.2, 0.25) is 0 Å². The van der Waals surface area contributed by atoms with Gasteiger partial charge in [-0.25, -0.2) is 0 Å². The van der Waals surface area contributed by atoms with Gasteiger partial charge in [-0.1, -0.05) is 0 Å². The summed E-state index contributed by atoms with van der Waals surface area (Å²) >= 11 is 0. The molecule has 1 aliphatic rings. The average molecular weight is 336 g/mol. The second-order valence-electron chi connectivity index (χ2n) is 5.58. The Balaban J connectivity index is 2.04. The number of hydrogen-bond acceptors (Lipinski definition) is 5. The van der Waals surface area contributed by atoms with E-state index in [-0.39, 0.29) is 18.2 Å². The summed E-state index contributed by atoms with van der Waals surface area (Å²) in [5.74, 6) is 0.825. The van der Waals surface area contributed by atoms with E-state index in [4.69, 9.17) is 14.2 Å². The highest BCUT2D eigenvalue weighted by Gasteiger charge is 2.20. The van der Waals surface area contributed by atoms with Gasteiger partial charge in [0.15, 0.2) is 11.5 Å². The minimum absolute atomic E-state index is 0.139. The summed E-state index contributed by atoms with van der Waals surface area (Å²) in [7, 11) is 4.52. The van der Waals surface area contributed by atoms with Crippen molar-refractivity contribution in [2.45, 2.75) is 25.7 Å². The lowest BCUT2D eigenvalue weighted by molar-refractivity contribution is -0.135. The smallest absolute Gasteiger partial charge is 0.233 e. The van der Waals surface area contributed by atoms with Crippen LogP contribution in [0.5, 0.6) is 17.2 Å². The van der Waals surface area contributed by atoms with E-state index in [1.165, 1.54) is 21.3 Å². The molecule has 7 heteroatoms. The van der Waals surface area contributed by atoms with Crippen LogP contribution in [0.1, 0.15) is 25.7 Å². The van der Waals surface area contributed by atoms with Crippen LogP contribution in [0, 0.1) is 0 Å². The van der Waals surface area contributed by atoms with Crippen LogP contribution in [-0.2, 0) is 9.59 Å². The van der Waals surface area contributed by atoms with Crippen molar-refractivity contribution in [1.29, 1.82) is 0 Å². The lowest BCUT2D eigenvalue weighted by atomic mass is 10.1. The van der Waals surface area contributed by atoms with Gasteiger partial charge in [-0.2, -0.15) is 0 Å². The van der Waals surface area contributed by atoms with Crippen molar-refractivity contribution in [1.82, 2.24) is 4.90 Å². The molecule has 132 valence electrons. The highest BCUT2D eigenvalue weighted by molar-refractivity contribution is 6.03. The predicted octanol–water partition coefficient (Wildman–Crippen LogP) is 2.05. The Hall–Kier alpha value is -2.44. The third-order valence-electron chi connectivity index (χ3n) is 3.97. The van der Waals surface area contributed by atoms with E-state index < -0.39 is 0 Å². The van der Waals surface area contributed by atoms with Gasteiger partial charge in [0.05, 0.1) is 21.3 Å². The molecule has 1 heterocycles. The number of piperidine rings is 1. The number of rotatable bonds is 6. The van der Waals surface area contributed by atoms with Gasteiger partial charge in [-0.15, -0.1) is 0 Å². The minimum atomic E-state index is -0.361. The molecular weight excluding hydrogens is 312 g/mol. The molecule has 24 heavy (non-hydrogen) atoms. The fourth-order valence-corrected chi connectivity index (χ4v) is 2.75. The molecular formula is C17H24N2O5. The van der Waals surface area contributed by atoms with Gasteiger partial charge in [0.1, 0.15) is 6.42 Å². The van der Waals surface area contributed by atoms with E-state index in [0.717, 1.165) is 32.4 Å². The Morgan fingerprint density at radius 2 is 1.58 bits per heavy atom. The molecule has 0 saturated carbocycles. The number of hydrogen-bond donors (Lipinski definition) is 1. The molecule has 0 spiro atoms. The zero-order chi connectivity index (χ0) is 17.5. The first-order valence-electron chi connectivity index (χ1n) is 7.96. The van der Waals surface area contributed by atoms with Crippen LogP contribution in [0.15, 0.2) is 12.1 Å². The number of anilines is 1. The summed E-state index contributed by atoms with van der Waals surface area (Å²) in [4.78, 5) is 26.0. The highest BCUT2D eigenvalue weighted by Crippen LogP contribution is 2.39. The zero-order valence-corrected chi connectivity index (χ0v) is 14.4. The topological polar surface area (TPSA) is 77.1 Å². The van der Waals surface area contributed by atoms with E-state index in [2.05, 4.69) is 5.32 Å². The maximum Gasteiger partial charge on any atom is 0.233 e. The largest absolute Gasteiger partial charge is 0.493 e. The van der Waals surface area contributed by atoms with Crippen molar-refractivity contribution < 1.29 is 23.8 Å². The molecule has 0 aliphatic carbocycles. The quantitative estimate of drug-likeness (QED) is 0.805. The Morgan fingerprint density at radius 1 is 1.00 bits per heavy atom. The number of methoxy groups -OCH3 is 3. The lowest BCUT2D eigenvalue weighted by Crippen LogP contribution is -2.37. The molecule has 0 bridgehead atoms. The molecule has 1 aliphatic heterocycles. The summed E-state index contributed by atoms with van der Waals surface area (Å²) < 4.78 is 15.7. The fraction of sp³-hybridized carbons (Fsp3) is 0.529. The van der Waals surface area contributed by atoms with E-state index in [1.54, 1.807) is 17.0 Å². The Bertz CT molecular complexity index is 572. The highest BCUT2D eigenvalue weighted by atomic mass is 16.5. The van der Waals surface area contributed by atoms with Gasteiger partial charge in [0, 0.05) is 30.9 Å². The standard InChI is InChI=1S/C17H24N2O5/c1-22-13-9-12(10-14(23-2)17(13)24-3)18-15(20)11-16(21)19-7-5-4-6-8-19/h9-10H,4-8,11H2,1-3H3,(H,18,20). The number of carbonyl (C=O) groups excluding carboxylic acids is 2. The SMILES string of the molecule is COc1cc(NC(=O)CC(=O)N2CCCCC2)cc(OC)c1OC. The molecule has 1 aromatic rings. The van der Waals surface area contributed by atoms with E-state index >= 15 is 0 Å². The monoisotopic (exact) mass is 336 g/mol. The summed E-state index contributed by atoms with van der Waals surface area (Å²) in [6.45, 7) is 1.46. The van der Waals surface area contributed by atoms with Crippen LogP contribution < -0.4 is 19.5 Å². The molecule has 2 rings (SSSR count). The predicted molar refractivity (Wildman–Crippen MR) is 89.8 cm³/mol. The third kappa shape index (κ3) is 4.31. The van der Waals surface area contributed by atoms with Crippen molar-refractivity contribution in [3.63, 3.8) is 0 Å². The van der Waals surface area contributed by atoms with E-state index in [0.29, 0.717) is 22.9 Å². The first-order valence-corrected chi connectivity index (χ1v) is 7.96. The first-order chi connectivity index (χ1) is 11.6. The number of carbonyl (C=O) groups is 2. The van der Waals surface area contributed by atoms with Gasteiger partial charge < -0.3 is 24.4 Å². The van der Waals surface area contributed by atoms with Gasteiger partial charge >= 0.3 is 0 Å². The normalized spacial score (nSPS) is 14.0. The van der Waals surface area contributed by atoms with Crippen molar-refractivity contribution >= 4 is 17.5 Å². The van der Waals surface area contributed by atoms with Crippen LogP contribution >= 0.6 is 0 Å². The number of nitrogens with zero attached hydrogens (tertiary/aromatic N) is 1. The molecule has 1 fully saturated rings. The number of ether oxygens (including phenoxy) is 3. The first kappa shape index (κ1) is 17.9.